The number of nitrogen functional groups attached to an aromatic ring is 1. The van der Waals surface area contributed by atoms with Crippen molar-refractivity contribution in [2.45, 2.75) is 33.6 Å². The van der Waals surface area contributed by atoms with Crippen LogP contribution >= 0.6 is 0 Å². The van der Waals surface area contributed by atoms with Crippen molar-refractivity contribution in [1.82, 2.24) is 0 Å². The first-order valence-electron chi connectivity index (χ1n) is 6.05. The Kier molecular flexibility index (Phi) is 4.64. The van der Waals surface area contributed by atoms with Crippen molar-refractivity contribution in [3.05, 3.63) is 23.3 Å². The van der Waals surface area contributed by atoms with E-state index < -0.39 is 11.6 Å². The van der Waals surface area contributed by atoms with Gasteiger partial charge in [-0.25, -0.2) is 8.78 Å². The molecule has 0 bridgehead atoms. The van der Waals surface area contributed by atoms with Crippen molar-refractivity contribution >= 4 is 17.3 Å². The van der Waals surface area contributed by atoms with E-state index in [-0.39, 0.29) is 28.8 Å². The van der Waals surface area contributed by atoms with Crippen molar-refractivity contribution in [2.75, 3.05) is 11.1 Å². The topological polar surface area (TPSA) is 55.1 Å². The maximum atomic E-state index is 13.4. The summed E-state index contributed by atoms with van der Waals surface area (Å²) in [6.07, 6.45) is 1.64. The molecule has 1 aromatic carbocycles. The first-order chi connectivity index (χ1) is 8.50. The van der Waals surface area contributed by atoms with Crippen LogP contribution in [0.15, 0.2) is 6.07 Å². The van der Waals surface area contributed by atoms with Gasteiger partial charge >= 0.3 is 0 Å². The smallest absolute Gasteiger partial charge is 0.227 e. The zero-order valence-corrected chi connectivity index (χ0v) is 10.8. The summed E-state index contributed by atoms with van der Waals surface area (Å²) >= 11 is 0. The van der Waals surface area contributed by atoms with E-state index >= 15 is 0 Å². The number of amides is 1. The lowest BCUT2D eigenvalue weighted by Crippen LogP contribution is -2.15. The minimum atomic E-state index is -0.814. The lowest BCUT2D eigenvalue weighted by atomic mass is 10.1. The Balaban J connectivity index is 0.000000771. The summed E-state index contributed by atoms with van der Waals surface area (Å²) in [4.78, 5) is 11.4. The number of nitrogens with two attached hydrogens (primary N) is 1. The molecule has 0 spiro atoms. The lowest BCUT2D eigenvalue weighted by Gasteiger charge is -2.10. The Morgan fingerprint density at radius 3 is 2.44 bits per heavy atom. The molecule has 3 N–H and O–H groups in total. The molecule has 1 aliphatic rings. The molecule has 5 heteroatoms. The van der Waals surface area contributed by atoms with Crippen molar-refractivity contribution in [1.29, 1.82) is 0 Å². The molecular formula is C13H18F2N2O. The monoisotopic (exact) mass is 256 g/mol. The number of nitrogens with one attached hydrogen (secondary N) is 1. The van der Waals surface area contributed by atoms with Crippen molar-refractivity contribution in [3.8, 4) is 0 Å². The number of carbonyl (C=O) groups is 1. The molecule has 3 nitrogen and oxygen atoms in total. The van der Waals surface area contributed by atoms with Gasteiger partial charge in [0, 0.05) is 11.5 Å². The molecule has 0 saturated heterocycles. The Labute approximate surface area is 105 Å². The fourth-order valence-electron chi connectivity index (χ4n) is 1.42. The zero-order chi connectivity index (χ0) is 13.9. The van der Waals surface area contributed by atoms with Crippen molar-refractivity contribution in [2.24, 2.45) is 5.92 Å². The maximum absolute atomic E-state index is 13.4. The van der Waals surface area contributed by atoms with Gasteiger partial charge in [0.2, 0.25) is 5.91 Å². The van der Waals surface area contributed by atoms with Crippen LogP contribution in [-0.4, -0.2) is 5.91 Å². The summed E-state index contributed by atoms with van der Waals surface area (Å²) < 4.78 is 26.6. The van der Waals surface area contributed by atoms with Crippen LogP contribution in [0.2, 0.25) is 0 Å². The number of rotatable bonds is 2. The van der Waals surface area contributed by atoms with E-state index in [0.29, 0.717) is 0 Å². The van der Waals surface area contributed by atoms with E-state index in [2.05, 4.69) is 5.32 Å². The van der Waals surface area contributed by atoms with Gasteiger partial charge in [0.25, 0.3) is 0 Å². The van der Waals surface area contributed by atoms with Gasteiger partial charge < -0.3 is 11.1 Å². The van der Waals surface area contributed by atoms with Gasteiger partial charge in [-0.05, 0) is 25.8 Å². The Morgan fingerprint density at radius 2 is 1.94 bits per heavy atom. The standard InChI is InChI=1S/C11H12F2N2O.C2H6/c1-5-7(12)4-8(10(14)9(5)13)15-11(16)6-2-3-6;1-2/h4,6H,2-3,14H2,1H3,(H,15,16);1-2H3. The average molecular weight is 256 g/mol. The molecular weight excluding hydrogens is 238 g/mol. The Morgan fingerprint density at radius 1 is 1.39 bits per heavy atom. The molecule has 2 rings (SSSR count). The fraction of sp³-hybridized carbons (Fsp3) is 0.462. The molecule has 0 aromatic heterocycles. The third kappa shape index (κ3) is 2.97. The van der Waals surface area contributed by atoms with E-state index in [4.69, 9.17) is 5.73 Å². The van der Waals surface area contributed by atoms with Crippen LogP contribution in [0.5, 0.6) is 0 Å². The second-order valence-corrected chi connectivity index (χ2v) is 4.02. The number of hydrogen-bond acceptors (Lipinski definition) is 2. The van der Waals surface area contributed by atoms with E-state index in [9.17, 15) is 13.6 Å². The average Bonchev–Trinajstić information content (AvgIpc) is 3.20. The van der Waals surface area contributed by atoms with Crippen molar-refractivity contribution < 1.29 is 13.6 Å². The van der Waals surface area contributed by atoms with Crippen LogP contribution in [0.25, 0.3) is 0 Å². The summed E-state index contributed by atoms with van der Waals surface area (Å²) in [5, 5.41) is 2.44. The molecule has 1 saturated carbocycles. The number of hydrogen-bond donors (Lipinski definition) is 2. The largest absolute Gasteiger partial charge is 0.395 e. The van der Waals surface area contributed by atoms with Gasteiger partial charge in [0.05, 0.1) is 11.4 Å². The van der Waals surface area contributed by atoms with Crippen LogP contribution in [-0.2, 0) is 4.79 Å². The lowest BCUT2D eigenvalue weighted by molar-refractivity contribution is -0.117. The van der Waals surface area contributed by atoms with Crippen LogP contribution in [0.4, 0.5) is 20.2 Å². The minimum Gasteiger partial charge on any atom is -0.395 e. The van der Waals surface area contributed by atoms with Gasteiger partial charge in [-0.1, -0.05) is 13.8 Å². The van der Waals surface area contributed by atoms with Crippen LogP contribution in [0.1, 0.15) is 32.3 Å². The fourth-order valence-corrected chi connectivity index (χ4v) is 1.42. The Hall–Kier alpha value is -1.65. The molecule has 0 radical (unpaired) electrons. The molecule has 100 valence electrons. The highest BCUT2D eigenvalue weighted by molar-refractivity contribution is 5.96. The van der Waals surface area contributed by atoms with E-state index in [1.54, 1.807) is 0 Å². The third-order valence-corrected chi connectivity index (χ3v) is 2.69. The third-order valence-electron chi connectivity index (χ3n) is 2.69. The zero-order valence-electron chi connectivity index (χ0n) is 10.8. The molecule has 0 aliphatic heterocycles. The SMILES string of the molecule is CC.Cc1c(F)cc(NC(=O)C2CC2)c(N)c1F. The predicted octanol–water partition coefficient (Wildman–Crippen LogP) is 3.23. The second-order valence-electron chi connectivity index (χ2n) is 4.02. The van der Waals surface area contributed by atoms with Gasteiger partial charge in [-0.2, -0.15) is 0 Å². The summed E-state index contributed by atoms with van der Waals surface area (Å²) in [5.74, 6) is -1.79. The molecule has 0 unspecified atom stereocenters. The highest BCUT2D eigenvalue weighted by atomic mass is 19.1. The normalized spacial score (nSPS) is 13.6. The van der Waals surface area contributed by atoms with Crippen LogP contribution in [0, 0.1) is 24.5 Å². The Bertz CT molecular complexity index is 457. The van der Waals surface area contributed by atoms with E-state index in [1.165, 1.54) is 6.92 Å². The van der Waals surface area contributed by atoms with E-state index in [1.807, 2.05) is 13.8 Å². The number of carbonyl (C=O) groups excluding carboxylic acids is 1. The first-order valence-corrected chi connectivity index (χ1v) is 6.05. The van der Waals surface area contributed by atoms with Gasteiger partial charge in [0.1, 0.15) is 5.82 Å². The van der Waals surface area contributed by atoms with Gasteiger partial charge in [0.15, 0.2) is 5.82 Å². The molecule has 0 atom stereocenters. The summed E-state index contributed by atoms with van der Waals surface area (Å²) in [6.45, 7) is 5.30. The molecule has 1 amide bonds. The maximum Gasteiger partial charge on any atom is 0.227 e. The molecule has 1 fully saturated rings. The molecule has 0 heterocycles. The summed E-state index contributed by atoms with van der Waals surface area (Å²) in [6, 6.07) is 1.05. The summed E-state index contributed by atoms with van der Waals surface area (Å²) in [7, 11) is 0. The quantitative estimate of drug-likeness (QED) is 0.798. The van der Waals surface area contributed by atoms with Crippen LogP contribution < -0.4 is 11.1 Å². The first kappa shape index (κ1) is 14.4. The number of benzene rings is 1. The van der Waals surface area contributed by atoms with Gasteiger partial charge in [-0.3, -0.25) is 4.79 Å². The highest BCUT2D eigenvalue weighted by Crippen LogP contribution is 2.32. The number of halogens is 2. The number of anilines is 2. The van der Waals surface area contributed by atoms with Crippen LogP contribution in [0.3, 0.4) is 0 Å². The molecule has 18 heavy (non-hydrogen) atoms. The van der Waals surface area contributed by atoms with Gasteiger partial charge in [-0.15, -0.1) is 0 Å². The van der Waals surface area contributed by atoms with E-state index in [0.717, 1.165) is 18.9 Å². The molecule has 1 aromatic rings. The predicted molar refractivity (Wildman–Crippen MR) is 68.2 cm³/mol. The summed E-state index contributed by atoms with van der Waals surface area (Å²) in [5.41, 5.74) is 5.12. The minimum absolute atomic E-state index is 0.0116. The van der Waals surface area contributed by atoms with Crippen molar-refractivity contribution in [3.63, 3.8) is 0 Å². The second kappa shape index (κ2) is 5.80. The molecule has 1 aliphatic carbocycles. The highest BCUT2D eigenvalue weighted by Gasteiger charge is 2.30.